The minimum Gasteiger partial charge on any atom is -0.444 e. The number of carbonyl (C=O) groups is 2. The summed E-state index contributed by atoms with van der Waals surface area (Å²) in [5.74, 6) is 1.41. The molecule has 2 aliphatic rings. The lowest BCUT2D eigenvalue weighted by atomic mass is 10.0. The molecule has 0 atom stereocenters. The van der Waals surface area contributed by atoms with Gasteiger partial charge in [-0.05, 0) is 58.8 Å². The Kier molecular flexibility index (Phi) is 12.1. The number of ether oxygens (including phenoxy) is 1. The summed E-state index contributed by atoms with van der Waals surface area (Å²) in [5.41, 5.74) is -0.485. The number of unbranched alkanes of at least 4 members (excludes halogenated alkanes) is 1. The SMILES string of the molecule is CCCCNC(=NCC(=O)N(C)C)N1CCC(N(CC2CC2)C(=O)OC(C)(C)C)CC1.I. The van der Waals surface area contributed by atoms with Gasteiger partial charge in [-0.2, -0.15) is 0 Å². The molecule has 1 aliphatic heterocycles. The Bertz CT molecular complexity index is 624. The molecule has 1 aliphatic carbocycles. The normalized spacial score (nSPS) is 17.4. The van der Waals surface area contributed by atoms with E-state index in [4.69, 9.17) is 4.74 Å². The molecule has 1 saturated heterocycles. The second kappa shape index (κ2) is 13.4. The van der Waals surface area contributed by atoms with Crippen molar-refractivity contribution in [2.75, 3.05) is 46.8 Å². The third-order valence-electron chi connectivity index (χ3n) is 5.66. The van der Waals surface area contributed by atoms with Crippen LogP contribution in [-0.4, -0.2) is 91.1 Å². The molecular weight excluding hydrogens is 521 g/mol. The number of hydrogen-bond donors (Lipinski definition) is 1. The van der Waals surface area contributed by atoms with Gasteiger partial charge in [0.25, 0.3) is 0 Å². The van der Waals surface area contributed by atoms with Crippen molar-refractivity contribution < 1.29 is 14.3 Å². The highest BCUT2D eigenvalue weighted by atomic mass is 127. The molecule has 9 heteroatoms. The highest BCUT2D eigenvalue weighted by Gasteiger charge is 2.35. The molecule has 186 valence electrons. The highest BCUT2D eigenvalue weighted by Crippen LogP contribution is 2.32. The van der Waals surface area contributed by atoms with E-state index >= 15 is 0 Å². The lowest BCUT2D eigenvalue weighted by Crippen LogP contribution is -2.53. The summed E-state index contributed by atoms with van der Waals surface area (Å²) in [6.45, 7) is 11.3. The van der Waals surface area contributed by atoms with E-state index < -0.39 is 5.60 Å². The van der Waals surface area contributed by atoms with Crippen molar-refractivity contribution in [3.05, 3.63) is 0 Å². The van der Waals surface area contributed by atoms with Crippen LogP contribution in [0.25, 0.3) is 0 Å². The van der Waals surface area contributed by atoms with Crippen molar-refractivity contribution in [3.8, 4) is 0 Å². The van der Waals surface area contributed by atoms with Crippen molar-refractivity contribution in [1.82, 2.24) is 20.0 Å². The number of guanidine groups is 1. The third-order valence-corrected chi connectivity index (χ3v) is 5.66. The molecule has 1 saturated carbocycles. The van der Waals surface area contributed by atoms with E-state index in [1.165, 1.54) is 12.8 Å². The van der Waals surface area contributed by atoms with Gasteiger partial charge in [0.05, 0.1) is 0 Å². The van der Waals surface area contributed by atoms with E-state index in [1.54, 1.807) is 19.0 Å². The molecule has 2 rings (SSSR count). The van der Waals surface area contributed by atoms with E-state index in [0.717, 1.165) is 57.8 Å². The smallest absolute Gasteiger partial charge is 0.410 e. The van der Waals surface area contributed by atoms with Gasteiger partial charge in [-0.25, -0.2) is 9.79 Å². The first-order valence-corrected chi connectivity index (χ1v) is 11.8. The molecule has 32 heavy (non-hydrogen) atoms. The van der Waals surface area contributed by atoms with Gasteiger partial charge in [0.1, 0.15) is 12.1 Å². The quantitative estimate of drug-likeness (QED) is 0.211. The van der Waals surface area contributed by atoms with Gasteiger partial charge >= 0.3 is 6.09 Å². The molecule has 1 N–H and O–H groups in total. The molecule has 1 heterocycles. The minimum absolute atomic E-state index is 0. The van der Waals surface area contributed by atoms with Crippen LogP contribution in [0.15, 0.2) is 4.99 Å². The van der Waals surface area contributed by atoms with Crippen LogP contribution >= 0.6 is 24.0 Å². The molecule has 0 radical (unpaired) electrons. The van der Waals surface area contributed by atoms with Gasteiger partial charge in [0.2, 0.25) is 5.91 Å². The van der Waals surface area contributed by atoms with E-state index in [9.17, 15) is 9.59 Å². The molecular formula is C23H44IN5O3. The van der Waals surface area contributed by atoms with Gasteiger partial charge < -0.3 is 24.8 Å². The number of carbonyl (C=O) groups excluding carboxylic acids is 2. The topological polar surface area (TPSA) is 77.5 Å². The molecule has 0 spiro atoms. The maximum Gasteiger partial charge on any atom is 0.410 e. The lowest BCUT2D eigenvalue weighted by molar-refractivity contribution is -0.127. The average molecular weight is 566 g/mol. The Hall–Kier alpha value is -1.26. The summed E-state index contributed by atoms with van der Waals surface area (Å²) < 4.78 is 5.70. The van der Waals surface area contributed by atoms with Crippen LogP contribution in [-0.2, 0) is 9.53 Å². The van der Waals surface area contributed by atoms with Gasteiger partial charge in [-0.1, -0.05) is 13.3 Å². The number of likely N-dealkylation sites (N-methyl/N-ethyl adjacent to an activating group) is 1. The monoisotopic (exact) mass is 565 g/mol. The van der Waals surface area contributed by atoms with Crippen LogP contribution in [0.3, 0.4) is 0 Å². The first kappa shape index (κ1) is 28.8. The number of hydrogen-bond acceptors (Lipinski definition) is 4. The maximum absolute atomic E-state index is 12.9. The van der Waals surface area contributed by atoms with Crippen molar-refractivity contribution in [3.63, 3.8) is 0 Å². The van der Waals surface area contributed by atoms with Gasteiger partial charge in [0, 0.05) is 46.3 Å². The van der Waals surface area contributed by atoms with Crippen molar-refractivity contribution in [1.29, 1.82) is 0 Å². The summed E-state index contributed by atoms with van der Waals surface area (Å²) >= 11 is 0. The average Bonchev–Trinajstić information content (AvgIpc) is 3.51. The number of halogens is 1. The number of rotatable bonds is 8. The van der Waals surface area contributed by atoms with E-state index in [2.05, 4.69) is 22.1 Å². The first-order valence-electron chi connectivity index (χ1n) is 11.8. The van der Waals surface area contributed by atoms with Crippen LogP contribution in [0.4, 0.5) is 4.79 Å². The highest BCUT2D eigenvalue weighted by molar-refractivity contribution is 14.0. The molecule has 0 bridgehead atoms. The second-order valence-electron chi connectivity index (χ2n) is 10.0. The standard InChI is InChI=1S/C23H43N5O3.HI/c1-7-8-13-24-21(25-16-20(29)26(5)6)27-14-11-19(12-15-27)28(17-18-9-10-18)22(30)31-23(2,3)4;/h18-19H,7-17H2,1-6H3,(H,24,25);1H. The van der Waals surface area contributed by atoms with Crippen LogP contribution in [0.1, 0.15) is 66.2 Å². The van der Waals surface area contributed by atoms with Crippen molar-refractivity contribution >= 4 is 41.9 Å². The summed E-state index contributed by atoms with van der Waals surface area (Å²) in [6.07, 6.45) is 6.14. The van der Waals surface area contributed by atoms with Crippen LogP contribution < -0.4 is 5.32 Å². The number of likely N-dealkylation sites (tertiary alicyclic amines) is 1. The fourth-order valence-corrected chi connectivity index (χ4v) is 3.59. The van der Waals surface area contributed by atoms with Gasteiger partial charge in [-0.3, -0.25) is 4.79 Å². The Morgan fingerprint density at radius 3 is 2.25 bits per heavy atom. The zero-order valence-electron chi connectivity index (χ0n) is 20.9. The van der Waals surface area contributed by atoms with Gasteiger partial charge in [0.15, 0.2) is 5.96 Å². The summed E-state index contributed by atoms with van der Waals surface area (Å²) in [6, 6.07) is 0.187. The fraction of sp³-hybridized carbons (Fsp3) is 0.870. The third kappa shape index (κ3) is 10.1. The predicted octanol–water partition coefficient (Wildman–Crippen LogP) is 3.55. The molecule has 0 aromatic heterocycles. The first-order chi connectivity index (χ1) is 14.6. The molecule has 0 aromatic carbocycles. The second-order valence-corrected chi connectivity index (χ2v) is 10.0. The van der Waals surface area contributed by atoms with Crippen LogP contribution in [0.5, 0.6) is 0 Å². The van der Waals surface area contributed by atoms with E-state index in [0.29, 0.717) is 5.92 Å². The van der Waals surface area contributed by atoms with Crippen molar-refractivity contribution in [2.45, 2.75) is 77.9 Å². The minimum atomic E-state index is -0.485. The summed E-state index contributed by atoms with van der Waals surface area (Å²) in [7, 11) is 3.50. The molecule has 8 nitrogen and oxygen atoms in total. The number of aliphatic imine (C=N–C) groups is 1. The summed E-state index contributed by atoms with van der Waals surface area (Å²) in [5, 5.41) is 3.42. The van der Waals surface area contributed by atoms with Crippen molar-refractivity contribution in [2.24, 2.45) is 10.9 Å². The molecule has 0 aromatic rings. The maximum atomic E-state index is 12.9. The Morgan fingerprint density at radius 2 is 1.75 bits per heavy atom. The van der Waals surface area contributed by atoms with Crippen LogP contribution in [0.2, 0.25) is 0 Å². The molecule has 2 amide bonds. The number of piperidine rings is 1. The number of nitrogens with zero attached hydrogens (tertiary/aromatic N) is 4. The largest absolute Gasteiger partial charge is 0.444 e. The zero-order chi connectivity index (χ0) is 23.0. The Labute approximate surface area is 211 Å². The molecule has 0 unspecified atom stereocenters. The van der Waals surface area contributed by atoms with Gasteiger partial charge in [-0.15, -0.1) is 24.0 Å². The zero-order valence-corrected chi connectivity index (χ0v) is 23.2. The Balaban J connectivity index is 0.00000512. The lowest BCUT2D eigenvalue weighted by Gasteiger charge is -2.40. The number of nitrogens with one attached hydrogen (secondary N) is 1. The Morgan fingerprint density at radius 1 is 1.12 bits per heavy atom. The fourth-order valence-electron chi connectivity index (χ4n) is 3.59. The van der Waals surface area contributed by atoms with E-state index in [1.807, 2.05) is 25.7 Å². The van der Waals surface area contributed by atoms with Crippen LogP contribution in [0, 0.1) is 5.92 Å². The number of amides is 2. The van der Waals surface area contributed by atoms with E-state index in [-0.39, 0.29) is 48.6 Å². The predicted molar refractivity (Wildman–Crippen MR) is 140 cm³/mol. The molecule has 2 fully saturated rings. The summed E-state index contributed by atoms with van der Waals surface area (Å²) in [4.78, 5) is 35.2.